The van der Waals surface area contributed by atoms with Gasteiger partial charge in [0.25, 0.3) is 5.91 Å². The van der Waals surface area contributed by atoms with Crippen molar-refractivity contribution in [2.75, 3.05) is 18.6 Å². The summed E-state index contributed by atoms with van der Waals surface area (Å²) < 4.78 is 19.6. The minimum atomic E-state index is -1.33. The van der Waals surface area contributed by atoms with Gasteiger partial charge in [-0.2, -0.15) is 11.8 Å². The van der Waals surface area contributed by atoms with Crippen molar-refractivity contribution in [1.82, 2.24) is 5.32 Å². The molecule has 136 valence electrons. The smallest absolute Gasteiger partial charge is 0.330 e. The van der Waals surface area contributed by atoms with Crippen LogP contribution in [0.15, 0.2) is 42.5 Å². The van der Waals surface area contributed by atoms with E-state index >= 15 is 0 Å². The molecule has 2 aromatic carbocycles. The van der Waals surface area contributed by atoms with E-state index in [0.717, 1.165) is 5.56 Å². The van der Waals surface area contributed by atoms with Crippen LogP contribution >= 0.6 is 11.8 Å². The third-order valence-electron chi connectivity index (χ3n) is 4.42. The van der Waals surface area contributed by atoms with Crippen molar-refractivity contribution in [2.45, 2.75) is 12.0 Å². The molecule has 3 rings (SSSR count). The monoisotopic (exact) mass is 375 g/mol. The summed E-state index contributed by atoms with van der Waals surface area (Å²) in [6.45, 7) is 0. The average molecular weight is 375 g/mol. The lowest BCUT2D eigenvalue weighted by molar-refractivity contribution is -0.143. The molecule has 7 heteroatoms. The largest absolute Gasteiger partial charge is 0.497 e. The lowest BCUT2D eigenvalue weighted by Gasteiger charge is -2.24. The minimum absolute atomic E-state index is 0.167. The Morgan fingerprint density at radius 3 is 2.42 bits per heavy atom. The van der Waals surface area contributed by atoms with E-state index < -0.39 is 23.2 Å². The minimum Gasteiger partial charge on any atom is -0.497 e. The van der Waals surface area contributed by atoms with Gasteiger partial charge >= 0.3 is 5.97 Å². The Kier molecular flexibility index (Phi) is 5.18. The molecule has 0 aliphatic carbocycles. The zero-order chi connectivity index (χ0) is 18.7. The van der Waals surface area contributed by atoms with Gasteiger partial charge in [-0.25, -0.2) is 9.18 Å². The predicted molar refractivity (Wildman–Crippen MR) is 98.2 cm³/mol. The summed E-state index contributed by atoms with van der Waals surface area (Å²) in [7, 11) is 1.56. The normalized spacial score (nSPS) is 19.2. The van der Waals surface area contributed by atoms with E-state index in [4.69, 9.17) is 4.74 Å². The molecule has 1 aliphatic heterocycles. The van der Waals surface area contributed by atoms with Gasteiger partial charge in [0.2, 0.25) is 0 Å². The second-order valence-corrected chi connectivity index (χ2v) is 7.17. The third-order valence-corrected chi connectivity index (χ3v) is 5.61. The maximum Gasteiger partial charge on any atom is 0.330 e. The number of halogens is 1. The van der Waals surface area contributed by atoms with Crippen LogP contribution < -0.4 is 10.1 Å². The van der Waals surface area contributed by atoms with E-state index in [9.17, 15) is 19.1 Å². The van der Waals surface area contributed by atoms with Gasteiger partial charge in [-0.1, -0.05) is 18.2 Å². The first-order valence-electron chi connectivity index (χ1n) is 8.03. The van der Waals surface area contributed by atoms with Gasteiger partial charge < -0.3 is 15.2 Å². The van der Waals surface area contributed by atoms with Crippen LogP contribution in [-0.4, -0.2) is 41.1 Å². The number of carbonyl (C=O) groups excluding carboxylic acids is 1. The van der Waals surface area contributed by atoms with E-state index in [2.05, 4.69) is 5.32 Å². The number of benzene rings is 2. The number of thioether (sulfide) groups is 1. The highest BCUT2D eigenvalue weighted by Crippen LogP contribution is 2.29. The number of methoxy groups -OCH3 is 1. The number of carboxylic acids is 1. The summed E-state index contributed by atoms with van der Waals surface area (Å²) in [5, 5.41) is 11.9. The summed E-state index contributed by atoms with van der Waals surface area (Å²) in [4.78, 5) is 24.0. The van der Waals surface area contributed by atoms with E-state index in [0.29, 0.717) is 23.5 Å². The third kappa shape index (κ3) is 3.53. The van der Waals surface area contributed by atoms with Crippen molar-refractivity contribution in [1.29, 1.82) is 0 Å². The maximum atomic E-state index is 14.5. The van der Waals surface area contributed by atoms with Gasteiger partial charge in [-0.15, -0.1) is 0 Å². The van der Waals surface area contributed by atoms with Crippen LogP contribution in [0.4, 0.5) is 4.39 Å². The van der Waals surface area contributed by atoms with Gasteiger partial charge in [-0.05, 0) is 47.6 Å². The number of aliphatic carboxylic acids is 1. The molecule has 1 atom stereocenters. The maximum absolute atomic E-state index is 14.5. The van der Waals surface area contributed by atoms with E-state index in [1.54, 1.807) is 37.4 Å². The number of carboxylic acid groups (broad SMARTS) is 1. The van der Waals surface area contributed by atoms with Crippen molar-refractivity contribution in [2.24, 2.45) is 0 Å². The number of ether oxygens (including phenoxy) is 1. The highest BCUT2D eigenvalue weighted by Gasteiger charge is 2.43. The first-order chi connectivity index (χ1) is 12.4. The van der Waals surface area contributed by atoms with Gasteiger partial charge in [0, 0.05) is 5.75 Å². The van der Waals surface area contributed by atoms with Gasteiger partial charge in [0.15, 0.2) is 0 Å². The molecule has 2 aromatic rings. The van der Waals surface area contributed by atoms with Gasteiger partial charge in [0.05, 0.1) is 12.7 Å². The van der Waals surface area contributed by atoms with Crippen molar-refractivity contribution in [3.8, 4) is 16.9 Å². The van der Waals surface area contributed by atoms with Crippen molar-refractivity contribution >= 4 is 23.6 Å². The highest BCUT2D eigenvalue weighted by molar-refractivity contribution is 7.99. The number of carbonyl (C=O) groups is 2. The first-order valence-corrected chi connectivity index (χ1v) is 9.18. The standard InChI is InChI=1S/C19H18FNO4S/c1-25-14-5-2-12(3-6-14)13-4-7-15(16(20)10-13)17(22)21-19(18(23)24)8-9-26-11-19/h2-7,10H,8-9,11H2,1H3,(H,21,22)(H,23,24). The number of nitrogens with one attached hydrogen (secondary N) is 1. The second kappa shape index (κ2) is 7.37. The molecule has 26 heavy (non-hydrogen) atoms. The molecule has 1 fully saturated rings. The molecule has 0 saturated carbocycles. The fraction of sp³-hybridized carbons (Fsp3) is 0.263. The molecule has 0 radical (unpaired) electrons. The Bertz CT molecular complexity index is 832. The fourth-order valence-electron chi connectivity index (χ4n) is 2.83. The van der Waals surface area contributed by atoms with Crippen molar-refractivity contribution in [3.63, 3.8) is 0 Å². The predicted octanol–water partition coefficient (Wildman–Crippen LogP) is 3.19. The lowest BCUT2D eigenvalue weighted by atomic mass is 9.97. The first kappa shape index (κ1) is 18.3. The summed E-state index contributed by atoms with van der Waals surface area (Å²) in [6.07, 6.45) is 0.324. The Labute approximate surface area is 154 Å². The Morgan fingerprint density at radius 2 is 1.88 bits per heavy atom. The molecule has 1 unspecified atom stereocenters. The van der Waals surface area contributed by atoms with Crippen LogP contribution in [0.5, 0.6) is 5.75 Å². The molecular formula is C19H18FNO4S. The molecule has 0 aromatic heterocycles. The van der Waals surface area contributed by atoms with E-state index in [1.807, 2.05) is 0 Å². The summed E-state index contributed by atoms with van der Waals surface area (Å²) in [5.74, 6) is -0.883. The molecular weight excluding hydrogens is 357 g/mol. The SMILES string of the molecule is COc1ccc(-c2ccc(C(=O)NC3(C(=O)O)CCSC3)c(F)c2)cc1. The van der Waals surface area contributed by atoms with Crippen LogP contribution in [0.25, 0.3) is 11.1 Å². The molecule has 1 heterocycles. The molecule has 2 N–H and O–H groups in total. The molecule has 1 amide bonds. The molecule has 5 nitrogen and oxygen atoms in total. The zero-order valence-electron chi connectivity index (χ0n) is 14.1. The molecule has 1 aliphatic rings. The lowest BCUT2D eigenvalue weighted by Crippen LogP contribution is -2.54. The average Bonchev–Trinajstić information content (AvgIpc) is 3.11. The summed E-state index contributed by atoms with van der Waals surface area (Å²) in [6, 6.07) is 11.4. The van der Waals surface area contributed by atoms with Crippen LogP contribution in [0.1, 0.15) is 16.8 Å². The van der Waals surface area contributed by atoms with Crippen LogP contribution in [-0.2, 0) is 4.79 Å². The number of hydrogen-bond acceptors (Lipinski definition) is 4. The van der Waals surface area contributed by atoms with Gasteiger partial charge in [-0.3, -0.25) is 4.79 Å². The molecule has 1 saturated heterocycles. The highest BCUT2D eigenvalue weighted by atomic mass is 32.2. The van der Waals surface area contributed by atoms with Crippen LogP contribution in [0.2, 0.25) is 0 Å². The van der Waals surface area contributed by atoms with Crippen LogP contribution in [0, 0.1) is 5.82 Å². The summed E-state index contributed by atoms with van der Waals surface area (Å²) in [5.41, 5.74) is -0.0974. The quantitative estimate of drug-likeness (QED) is 0.839. The molecule has 0 bridgehead atoms. The van der Waals surface area contributed by atoms with Crippen molar-refractivity contribution in [3.05, 3.63) is 53.8 Å². The number of hydrogen-bond donors (Lipinski definition) is 2. The topological polar surface area (TPSA) is 75.6 Å². The Morgan fingerprint density at radius 1 is 1.19 bits per heavy atom. The second-order valence-electron chi connectivity index (χ2n) is 6.07. The molecule has 0 spiro atoms. The Hall–Kier alpha value is -2.54. The Balaban J connectivity index is 1.82. The van der Waals surface area contributed by atoms with Crippen molar-refractivity contribution < 1.29 is 23.8 Å². The van der Waals surface area contributed by atoms with E-state index in [1.165, 1.54) is 23.9 Å². The van der Waals surface area contributed by atoms with Gasteiger partial charge in [0.1, 0.15) is 17.1 Å². The van der Waals surface area contributed by atoms with Crippen LogP contribution in [0.3, 0.4) is 0 Å². The summed E-state index contributed by atoms with van der Waals surface area (Å²) >= 11 is 1.45. The number of rotatable bonds is 5. The number of amides is 1. The zero-order valence-corrected chi connectivity index (χ0v) is 14.9. The van der Waals surface area contributed by atoms with E-state index in [-0.39, 0.29) is 11.3 Å². The fourth-order valence-corrected chi connectivity index (χ4v) is 4.16.